The molecule has 0 bridgehead atoms. The molecule has 4 amide bonds. The van der Waals surface area contributed by atoms with Crippen LogP contribution in [0.5, 0.6) is 5.75 Å². The van der Waals surface area contributed by atoms with Crippen LogP contribution in [0.25, 0.3) is 10.9 Å². The fourth-order valence-corrected chi connectivity index (χ4v) is 6.60. The monoisotopic (exact) mass is 606 g/mol. The molecule has 2 aromatic carbocycles. The van der Waals surface area contributed by atoms with Crippen molar-refractivity contribution in [2.24, 2.45) is 5.92 Å². The SMILES string of the molecule is COc1ccc2[nH]cc(CCNC(=O)[C@](CC(C)C)(NC(=O)CCCCN3C(=O)c4ccccc4C3=O)SC(C)=O)c2c1. The van der Waals surface area contributed by atoms with Crippen LogP contribution < -0.4 is 15.4 Å². The van der Waals surface area contributed by atoms with Crippen molar-refractivity contribution >= 4 is 51.4 Å². The van der Waals surface area contributed by atoms with Crippen molar-refractivity contribution in [3.63, 3.8) is 0 Å². The van der Waals surface area contributed by atoms with Gasteiger partial charge in [-0.25, -0.2) is 0 Å². The van der Waals surface area contributed by atoms with Gasteiger partial charge in [-0.05, 0) is 67.5 Å². The Morgan fingerprint density at radius 1 is 1.05 bits per heavy atom. The summed E-state index contributed by atoms with van der Waals surface area (Å²) in [7, 11) is 1.61. The Balaban J connectivity index is 1.36. The molecule has 0 radical (unpaired) electrons. The molecule has 1 aliphatic rings. The lowest BCUT2D eigenvalue weighted by molar-refractivity contribution is -0.130. The lowest BCUT2D eigenvalue weighted by atomic mass is 10.0. The molecule has 3 N–H and O–H groups in total. The van der Waals surface area contributed by atoms with Gasteiger partial charge < -0.3 is 20.4 Å². The number of fused-ring (bicyclic) bond motifs is 2. The number of nitrogens with one attached hydrogen (secondary N) is 3. The van der Waals surface area contributed by atoms with E-state index in [0.717, 1.165) is 34.0 Å². The van der Waals surface area contributed by atoms with Gasteiger partial charge in [-0.3, -0.25) is 28.9 Å². The van der Waals surface area contributed by atoms with Crippen molar-refractivity contribution < 1.29 is 28.7 Å². The number of thioether (sulfide) groups is 1. The number of hydrogen-bond acceptors (Lipinski definition) is 7. The first-order valence-corrected chi connectivity index (χ1v) is 15.2. The normalized spacial score (nSPS) is 14.1. The average molecular weight is 607 g/mol. The minimum absolute atomic E-state index is 0.00723. The van der Waals surface area contributed by atoms with Crippen LogP contribution in [-0.4, -0.2) is 63.7 Å². The van der Waals surface area contributed by atoms with Gasteiger partial charge in [0.05, 0.1) is 18.2 Å². The summed E-state index contributed by atoms with van der Waals surface area (Å²) < 4.78 is 5.34. The maximum absolute atomic E-state index is 13.6. The molecular weight excluding hydrogens is 568 g/mol. The Morgan fingerprint density at radius 2 is 1.74 bits per heavy atom. The first kappa shape index (κ1) is 31.8. The predicted octanol–water partition coefficient (Wildman–Crippen LogP) is 4.44. The summed E-state index contributed by atoms with van der Waals surface area (Å²) in [4.78, 5) is 67.2. The van der Waals surface area contributed by atoms with Gasteiger partial charge in [0.25, 0.3) is 17.7 Å². The molecule has 1 aliphatic heterocycles. The number of unbranched alkanes of at least 4 members (excludes halogenated alkanes) is 1. The molecule has 0 saturated heterocycles. The van der Waals surface area contributed by atoms with Crippen LogP contribution >= 0.6 is 11.8 Å². The summed E-state index contributed by atoms with van der Waals surface area (Å²) in [6, 6.07) is 12.4. The number of aromatic amines is 1. The Hall–Kier alpha value is -4.12. The van der Waals surface area contributed by atoms with Crippen LogP contribution in [0, 0.1) is 5.92 Å². The van der Waals surface area contributed by atoms with E-state index >= 15 is 0 Å². The van der Waals surface area contributed by atoms with E-state index in [9.17, 15) is 24.0 Å². The van der Waals surface area contributed by atoms with Gasteiger partial charge >= 0.3 is 0 Å². The van der Waals surface area contributed by atoms with Gasteiger partial charge in [0.1, 0.15) is 5.75 Å². The number of carbonyl (C=O) groups is 5. The lowest BCUT2D eigenvalue weighted by Crippen LogP contribution is -2.58. The molecule has 1 atom stereocenters. The predicted molar refractivity (Wildman–Crippen MR) is 166 cm³/mol. The van der Waals surface area contributed by atoms with E-state index in [-0.39, 0.29) is 48.1 Å². The number of carbonyl (C=O) groups excluding carboxylic acids is 5. The van der Waals surface area contributed by atoms with Crippen LogP contribution in [0.15, 0.2) is 48.7 Å². The third kappa shape index (κ3) is 7.45. The molecule has 2 heterocycles. The second-order valence-electron chi connectivity index (χ2n) is 11.1. The van der Waals surface area contributed by atoms with E-state index in [1.807, 2.05) is 38.2 Å². The molecule has 1 aromatic heterocycles. The van der Waals surface area contributed by atoms with Crippen LogP contribution in [-0.2, 0) is 20.8 Å². The number of hydrogen-bond donors (Lipinski definition) is 3. The number of imide groups is 1. The zero-order valence-corrected chi connectivity index (χ0v) is 25.8. The largest absolute Gasteiger partial charge is 0.497 e. The number of rotatable bonds is 14. The van der Waals surface area contributed by atoms with Crippen molar-refractivity contribution in [1.29, 1.82) is 0 Å². The van der Waals surface area contributed by atoms with Gasteiger partial charge in [-0.1, -0.05) is 37.7 Å². The van der Waals surface area contributed by atoms with E-state index in [1.54, 1.807) is 31.4 Å². The maximum atomic E-state index is 13.6. The first-order valence-electron chi connectivity index (χ1n) is 14.4. The summed E-state index contributed by atoms with van der Waals surface area (Å²) in [6.07, 6.45) is 3.59. The van der Waals surface area contributed by atoms with E-state index < -0.39 is 10.8 Å². The average Bonchev–Trinajstić information content (AvgIpc) is 3.47. The van der Waals surface area contributed by atoms with Gasteiger partial charge in [0, 0.05) is 43.5 Å². The highest BCUT2D eigenvalue weighted by Crippen LogP contribution is 2.32. The summed E-state index contributed by atoms with van der Waals surface area (Å²) in [5.74, 6) is -0.733. The van der Waals surface area contributed by atoms with E-state index in [1.165, 1.54) is 11.8 Å². The summed E-state index contributed by atoms with van der Waals surface area (Å²) in [5, 5.41) is 6.51. The van der Waals surface area contributed by atoms with E-state index in [4.69, 9.17) is 4.74 Å². The number of methoxy groups -OCH3 is 1. The van der Waals surface area contributed by atoms with Crippen molar-refractivity contribution in [2.75, 3.05) is 20.2 Å². The summed E-state index contributed by atoms with van der Waals surface area (Å²) in [6.45, 7) is 5.73. The van der Waals surface area contributed by atoms with Crippen molar-refractivity contribution in [2.45, 2.75) is 57.7 Å². The van der Waals surface area contributed by atoms with Crippen molar-refractivity contribution in [1.82, 2.24) is 20.5 Å². The molecule has 228 valence electrons. The molecule has 0 saturated carbocycles. The number of amides is 4. The fourth-order valence-electron chi connectivity index (χ4n) is 5.36. The zero-order chi connectivity index (χ0) is 31.1. The minimum atomic E-state index is -1.47. The molecule has 0 aliphatic carbocycles. The molecule has 4 rings (SSSR count). The molecule has 43 heavy (non-hydrogen) atoms. The quantitative estimate of drug-likeness (QED) is 0.140. The third-order valence-electron chi connectivity index (χ3n) is 7.29. The first-order chi connectivity index (χ1) is 20.5. The number of aromatic nitrogens is 1. The minimum Gasteiger partial charge on any atom is -0.497 e. The fraction of sp³-hybridized carbons (Fsp3) is 0.406. The second-order valence-corrected chi connectivity index (χ2v) is 12.5. The van der Waals surface area contributed by atoms with Crippen molar-refractivity contribution in [3.8, 4) is 5.75 Å². The molecule has 11 heteroatoms. The number of H-pyrrole nitrogens is 1. The van der Waals surface area contributed by atoms with E-state index in [2.05, 4.69) is 15.6 Å². The number of ether oxygens (including phenoxy) is 1. The molecular formula is C32H38N4O6S. The van der Waals surface area contributed by atoms with Crippen LogP contribution in [0.1, 0.15) is 72.7 Å². The molecule has 0 unspecified atom stereocenters. The highest BCUT2D eigenvalue weighted by Gasteiger charge is 2.42. The Morgan fingerprint density at radius 3 is 2.37 bits per heavy atom. The van der Waals surface area contributed by atoms with Gasteiger partial charge in [0.2, 0.25) is 5.91 Å². The highest BCUT2D eigenvalue weighted by molar-refractivity contribution is 8.15. The van der Waals surface area contributed by atoms with E-state index in [0.29, 0.717) is 36.9 Å². The standard InChI is InChI=1S/C32H38N4O6S/c1-20(2)18-32(43-21(3)37,31(41)33-15-14-22-19-34-27-13-12-23(42-4)17-26(22)27)35-28(38)11-7-8-16-36-29(39)24-9-5-6-10-25(24)30(36)40/h5-6,9-10,12-13,17,19-20,34H,7-8,11,14-16,18H2,1-4H3,(H,33,41)(H,35,38)/t32-/m1/s1. The van der Waals surface area contributed by atoms with Crippen LogP contribution in [0.3, 0.4) is 0 Å². The molecule has 0 spiro atoms. The lowest BCUT2D eigenvalue weighted by Gasteiger charge is -2.33. The summed E-state index contributed by atoms with van der Waals surface area (Å²) >= 11 is 0.817. The zero-order valence-electron chi connectivity index (χ0n) is 25.0. The Labute approximate surface area is 255 Å². The number of nitrogens with zero attached hydrogens (tertiary/aromatic N) is 1. The molecule has 3 aromatic rings. The van der Waals surface area contributed by atoms with Gasteiger partial charge in [-0.2, -0.15) is 0 Å². The smallest absolute Gasteiger partial charge is 0.261 e. The van der Waals surface area contributed by atoms with Crippen molar-refractivity contribution in [3.05, 3.63) is 65.4 Å². The maximum Gasteiger partial charge on any atom is 0.261 e. The van der Waals surface area contributed by atoms with Crippen LogP contribution in [0.4, 0.5) is 0 Å². The molecule has 10 nitrogen and oxygen atoms in total. The summed E-state index contributed by atoms with van der Waals surface area (Å²) in [5.41, 5.74) is 2.74. The third-order valence-corrected chi connectivity index (χ3v) is 8.38. The second kappa shape index (κ2) is 13.9. The topological polar surface area (TPSA) is 138 Å². The highest BCUT2D eigenvalue weighted by atomic mass is 32.2. The van der Waals surface area contributed by atoms with Gasteiger partial charge in [-0.15, -0.1) is 0 Å². The van der Waals surface area contributed by atoms with Crippen LogP contribution in [0.2, 0.25) is 0 Å². The Bertz CT molecular complexity index is 1500. The molecule has 0 fully saturated rings. The number of benzene rings is 2. The van der Waals surface area contributed by atoms with Gasteiger partial charge in [0.15, 0.2) is 9.99 Å². The Kier molecular flexibility index (Phi) is 10.3.